The van der Waals surface area contributed by atoms with Crippen LogP contribution in [0.15, 0.2) is 47.6 Å². The van der Waals surface area contributed by atoms with Crippen molar-refractivity contribution in [3.63, 3.8) is 0 Å². The average molecular weight is 509 g/mol. The number of hydrogen-bond donors (Lipinski definition) is 2. The molecule has 0 bridgehead atoms. The van der Waals surface area contributed by atoms with Gasteiger partial charge in [-0.05, 0) is 55.5 Å². The highest BCUT2D eigenvalue weighted by Crippen LogP contribution is 2.17. The molecule has 1 aromatic heterocycles. The van der Waals surface area contributed by atoms with E-state index in [1.54, 1.807) is 7.11 Å². The Bertz CT molecular complexity index is 743. The summed E-state index contributed by atoms with van der Waals surface area (Å²) in [6.07, 6.45) is 5.41. The molecular weight excluding hydrogens is 477 g/mol. The average Bonchev–Trinajstić information content (AvgIpc) is 3.28. The quantitative estimate of drug-likeness (QED) is 0.324. The normalized spacial score (nSPS) is 13.7. The molecule has 0 unspecified atom stereocenters. The number of ether oxygens (including phenoxy) is 1. The zero-order valence-electron chi connectivity index (χ0n) is 17.4. The molecule has 7 heteroatoms. The highest BCUT2D eigenvalue weighted by molar-refractivity contribution is 14.0. The van der Waals surface area contributed by atoms with Crippen LogP contribution >= 0.6 is 24.0 Å². The van der Waals surface area contributed by atoms with Gasteiger partial charge < -0.3 is 20.3 Å². The molecule has 2 heterocycles. The van der Waals surface area contributed by atoms with E-state index >= 15 is 0 Å². The number of pyridine rings is 1. The standard InChI is InChI=1S/C22H31N5O.HI/c1-3-23-22(24-13-12-18-6-9-20(28-2)10-7-18)26-17-19-8-11-21(25-16-19)27-14-4-5-15-27;/h6-11,16H,3-5,12-15,17H2,1-2H3,(H2,23,24,26);1H. The number of aliphatic imine (C=N–C) groups is 1. The highest BCUT2D eigenvalue weighted by Gasteiger charge is 2.12. The number of halogens is 1. The second-order valence-electron chi connectivity index (χ2n) is 6.94. The molecule has 158 valence electrons. The molecule has 0 saturated carbocycles. The van der Waals surface area contributed by atoms with Gasteiger partial charge >= 0.3 is 0 Å². The van der Waals surface area contributed by atoms with Gasteiger partial charge in [0.05, 0.1) is 13.7 Å². The van der Waals surface area contributed by atoms with Crippen molar-refractivity contribution in [2.45, 2.75) is 32.7 Å². The number of nitrogens with one attached hydrogen (secondary N) is 2. The van der Waals surface area contributed by atoms with Gasteiger partial charge in [0.15, 0.2) is 5.96 Å². The molecule has 1 aliphatic rings. The fourth-order valence-electron chi connectivity index (χ4n) is 3.27. The van der Waals surface area contributed by atoms with E-state index < -0.39 is 0 Å². The van der Waals surface area contributed by atoms with Crippen LogP contribution in [0.25, 0.3) is 0 Å². The van der Waals surface area contributed by atoms with Crippen LogP contribution in [0.4, 0.5) is 5.82 Å². The van der Waals surface area contributed by atoms with Gasteiger partial charge in [-0.3, -0.25) is 0 Å². The molecule has 2 aromatic rings. The first-order chi connectivity index (χ1) is 13.8. The summed E-state index contributed by atoms with van der Waals surface area (Å²) >= 11 is 0. The van der Waals surface area contributed by atoms with E-state index in [0.717, 1.165) is 55.7 Å². The van der Waals surface area contributed by atoms with Crippen LogP contribution in [0.1, 0.15) is 30.9 Å². The molecule has 1 aliphatic heterocycles. The second kappa shape index (κ2) is 12.5. The number of aromatic nitrogens is 1. The second-order valence-corrected chi connectivity index (χ2v) is 6.94. The number of rotatable bonds is 8. The number of benzene rings is 1. The molecule has 0 atom stereocenters. The molecule has 6 nitrogen and oxygen atoms in total. The Morgan fingerprint density at radius 3 is 2.41 bits per heavy atom. The van der Waals surface area contributed by atoms with Crippen LogP contribution in [0, 0.1) is 0 Å². The van der Waals surface area contributed by atoms with E-state index in [9.17, 15) is 0 Å². The van der Waals surface area contributed by atoms with Crippen molar-refractivity contribution in [1.82, 2.24) is 15.6 Å². The molecule has 3 rings (SSSR count). The van der Waals surface area contributed by atoms with Crippen LogP contribution in [-0.4, -0.2) is 44.2 Å². The highest BCUT2D eigenvalue weighted by atomic mass is 127. The van der Waals surface area contributed by atoms with Gasteiger partial charge in [-0.25, -0.2) is 9.98 Å². The van der Waals surface area contributed by atoms with Crippen LogP contribution in [0.3, 0.4) is 0 Å². The van der Waals surface area contributed by atoms with Crippen molar-refractivity contribution in [3.8, 4) is 5.75 Å². The number of guanidine groups is 1. The molecule has 1 aromatic carbocycles. The van der Waals surface area contributed by atoms with E-state index in [1.807, 2.05) is 18.3 Å². The van der Waals surface area contributed by atoms with Gasteiger partial charge in [0.1, 0.15) is 11.6 Å². The van der Waals surface area contributed by atoms with Crippen LogP contribution in [-0.2, 0) is 13.0 Å². The smallest absolute Gasteiger partial charge is 0.191 e. The molecule has 0 amide bonds. The summed E-state index contributed by atoms with van der Waals surface area (Å²) in [6, 6.07) is 12.4. The predicted octanol–water partition coefficient (Wildman–Crippen LogP) is 3.61. The first kappa shape index (κ1) is 23.3. The van der Waals surface area contributed by atoms with Gasteiger partial charge in [0, 0.05) is 32.4 Å². The molecule has 0 radical (unpaired) electrons. The lowest BCUT2D eigenvalue weighted by molar-refractivity contribution is 0.414. The van der Waals surface area contributed by atoms with Crippen LogP contribution in [0.2, 0.25) is 0 Å². The van der Waals surface area contributed by atoms with Crippen LogP contribution in [0.5, 0.6) is 5.75 Å². The van der Waals surface area contributed by atoms with E-state index in [0.29, 0.717) is 6.54 Å². The summed E-state index contributed by atoms with van der Waals surface area (Å²) in [4.78, 5) is 11.6. The summed E-state index contributed by atoms with van der Waals surface area (Å²) in [5.41, 5.74) is 2.39. The lowest BCUT2D eigenvalue weighted by Gasteiger charge is -2.16. The van der Waals surface area contributed by atoms with Gasteiger partial charge in [-0.1, -0.05) is 18.2 Å². The summed E-state index contributed by atoms with van der Waals surface area (Å²) in [5.74, 6) is 2.80. The molecule has 2 N–H and O–H groups in total. The fourth-order valence-corrected chi connectivity index (χ4v) is 3.27. The van der Waals surface area contributed by atoms with Crippen molar-refractivity contribution >= 4 is 35.8 Å². The maximum absolute atomic E-state index is 5.20. The van der Waals surface area contributed by atoms with E-state index in [4.69, 9.17) is 9.73 Å². The lowest BCUT2D eigenvalue weighted by Crippen LogP contribution is -2.38. The van der Waals surface area contributed by atoms with E-state index in [-0.39, 0.29) is 24.0 Å². The largest absolute Gasteiger partial charge is 0.497 e. The van der Waals surface area contributed by atoms with Gasteiger partial charge in [-0.15, -0.1) is 24.0 Å². The number of nitrogens with zero attached hydrogens (tertiary/aromatic N) is 3. The molecule has 0 aliphatic carbocycles. The number of anilines is 1. The van der Waals surface area contributed by atoms with Crippen LogP contribution < -0.4 is 20.3 Å². The number of hydrogen-bond acceptors (Lipinski definition) is 4. The van der Waals surface area contributed by atoms with E-state index in [1.165, 1.54) is 18.4 Å². The number of methoxy groups -OCH3 is 1. The third-order valence-electron chi connectivity index (χ3n) is 4.87. The van der Waals surface area contributed by atoms with Crippen molar-refractivity contribution in [2.24, 2.45) is 4.99 Å². The van der Waals surface area contributed by atoms with Crippen molar-refractivity contribution < 1.29 is 4.74 Å². The summed E-state index contributed by atoms with van der Waals surface area (Å²) in [7, 11) is 1.69. The summed E-state index contributed by atoms with van der Waals surface area (Å²) in [5, 5.41) is 6.71. The summed E-state index contributed by atoms with van der Waals surface area (Å²) < 4.78 is 5.20. The molecular formula is C22H32IN5O. The minimum absolute atomic E-state index is 0. The fraction of sp³-hybridized carbons (Fsp3) is 0.455. The van der Waals surface area contributed by atoms with Gasteiger partial charge in [-0.2, -0.15) is 0 Å². The monoisotopic (exact) mass is 509 g/mol. The molecule has 29 heavy (non-hydrogen) atoms. The third kappa shape index (κ3) is 7.38. The minimum Gasteiger partial charge on any atom is -0.497 e. The Hall–Kier alpha value is -2.03. The Morgan fingerprint density at radius 2 is 1.79 bits per heavy atom. The van der Waals surface area contributed by atoms with E-state index in [2.05, 4.69) is 51.7 Å². The molecule has 1 fully saturated rings. The van der Waals surface area contributed by atoms with Crippen molar-refractivity contribution in [3.05, 3.63) is 53.7 Å². The maximum atomic E-state index is 5.20. The van der Waals surface area contributed by atoms with Crippen molar-refractivity contribution in [1.29, 1.82) is 0 Å². The summed E-state index contributed by atoms with van der Waals surface area (Å²) in [6.45, 7) is 6.59. The zero-order valence-corrected chi connectivity index (χ0v) is 19.7. The minimum atomic E-state index is 0. The molecule has 1 saturated heterocycles. The topological polar surface area (TPSA) is 61.8 Å². The first-order valence-electron chi connectivity index (χ1n) is 10.1. The SMILES string of the molecule is CCNC(=NCc1ccc(N2CCCC2)nc1)NCCc1ccc(OC)cc1.I. The first-order valence-corrected chi connectivity index (χ1v) is 10.1. The Kier molecular flexibility index (Phi) is 10.0. The Morgan fingerprint density at radius 1 is 1.07 bits per heavy atom. The Balaban J connectivity index is 0.00000300. The maximum Gasteiger partial charge on any atom is 0.191 e. The van der Waals surface area contributed by atoms with Gasteiger partial charge in [0.25, 0.3) is 0 Å². The lowest BCUT2D eigenvalue weighted by atomic mass is 10.1. The third-order valence-corrected chi connectivity index (χ3v) is 4.87. The molecule has 0 spiro atoms. The predicted molar refractivity (Wildman–Crippen MR) is 131 cm³/mol. The van der Waals surface area contributed by atoms with Crippen molar-refractivity contribution in [2.75, 3.05) is 38.2 Å². The Labute approximate surface area is 191 Å². The zero-order chi connectivity index (χ0) is 19.6. The van der Waals surface area contributed by atoms with Gasteiger partial charge in [0.2, 0.25) is 0 Å².